The van der Waals surface area contributed by atoms with E-state index in [9.17, 15) is 0 Å². The molecule has 1 aliphatic rings. The molecule has 1 heterocycles. The van der Waals surface area contributed by atoms with Crippen LogP contribution < -0.4 is 10.1 Å². The van der Waals surface area contributed by atoms with Crippen molar-refractivity contribution in [3.05, 3.63) is 59.7 Å². The lowest BCUT2D eigenvalue weighted by molar-refractivity contribution is 0.0939. The second-order valence-electron chi connectivity index (χ2n) is 5.05. The van der Waals surface area contributed by atoms with E-state index in [2.05, 4.69) is 61.6 Å². The normalized spacial score (nSPS) is 21.7. The highest BCUT2D eigenvalue weighted by atomic mass is 16.5. The average Bonchev–Trinajstić information content (AvgIpc) is 2.39. The maximum absolute atomic E-state index is 6.22. The zero-order chi connectivity index (χ0) is 12.6. The first-order valence-corrected chi connectivity index (χ1v) is 6.26. The van der Waals surface area contributed by atoms with Crippen LogP contribution in [0.3, 0.4) is 0 Å². The van der Waals surface area contributed by atoms with Crippen LogP contribution in [-0.2, 0) is 5.60 Å². The lowest BCUT2D eigenvalue weighted by atomic mass is 9.94. The molecule has 0 aromatic heterocycles. The van der Waals surface area contributed by atoms with Gasteiger partial charge in [-0.05, 0) is 37.1 Å². The molecule has 1 unspecified atom stereocenters. The summed E-state index contributed by atoms with van der Waals surface area (Å²) in [7, 11) is 0. The van der Waals surface area contributed by atoms with Gasteiger partial charge in [-0.25, -0.2) is 0 Å². The van der Waals surface area contributed by atoms with Gasteiger partial charge in [0.05, 0.1) is 12.2 Å². The highest BCUT2D eigenvalue weighted by Crippen LogP contribution is 2.38. The van der Waals surface area contributed by atoms with Crippen molar-refractivity contribution >= 4 is 5.69 Å². The number of ether oxygens (including phenoxy) is 1. The molecule has 1 atom stereocenters. The molecule has 2 heteroatoms. The van der Waals surface area contributed by atoms with Crippen LogP contribution in [0.2, 0.25) is 0 Å². The molecule has 1 aliphatic heterocycles. The highest BCUT2D eigenvalue weighted by Gasteiger charge is 2.33. The van der Waals surface area contributed by atoms with Gasteiger partial charge in [-0.1, -0.05) is 36.4 Å². The van der Waals surface area contributed by atoms with Crippen molar-refractivity contribution in [1.82, 2.24) is 0 Å². The quantitative estimate of drug-likeness (QED) is 0.819. The first kappa shape index (κ1) is 11.1. The first-order valence-electron chi connectivity index (χ1n) is 6.26. The van der Waals surface area contributed by atoms with Gasteiger partial charge in [0, 0.05) is 0 Å². The molecule has 2 aromatic rings. The third-order valence-electron chi connectivity index (χ3n) is 3.47. The summed E-state index contributed by atoms with van der Waals surface area (Å²) in [5.41, 5.74) is 3.19. The van der Waals surface area contributed by atoms with Gasteiger partial charge < -0.3 is 10.1 Å². The molecule has 0 saturated carbocycles. The Morgan fingerprint density at radius 3 is 2.67 bits per heavy atom. The lowest BCUT2D eigenvalue weighted by Gasteiger charge is -2.37. The van der Waals surface area contributed by atoms with Crippen molar-refractivity contribution in [2.24, 2.45) is 0 Å². The molecule has 1 N–H and O–H groups in total. The molecule has 92 valence electrons. The Morgan fingerprint density at radius 2 is 1.89 bits per heavy atom. The zero-order valence-corrected chi connectivity index (χ0v) is 10.7. The second kappa shape index (κ2) is 4.05. The number of aryl methyl sites for hydroxylation is 1. The minimum atomic E-state index is -0.304. The van der Waals surface area contributed by atoms with Crippen LogP contribution in [0.15, 0.2) is 48.5 Å². The van der Waals surface area contributed by atoms with E-state index < -0.39 is 0 Å². The molecule has 0 spiro atoms. The van der Waals surface area contributed by atoms with Gasteiger partial charge in [0.15, 0.2) is 0 Å². The van der Waals surface area contributed by atoms with E-state index in [1.807, 2.05) is 6.07 Å². The molecule has 2 aromatic carbocycles. The summed E-state index contributed by atoms with van der Waals surface area (Å²) in [5.74, 6) is 0.938. The third kappa shape index (κ3) is 1.84. The van der Waals surface area contributed by atoms with E-state index in [1.165, 1.54) is 11.1 Å². The van der Waals surface area contributed by atoms with Crippen molar-refractivity contribution in [2.45, 2.75) is 19.4 Å². The largest absolute Gasteiger partial charge is 0.479 e. The SMILES string of the molecule is Cc1ccc2c(c1)OC(C)(c1ccccc1)CN2. The number of hydrogen-bond donors (Lipinski definition) is 1. The van der Waals surface area contributed by atoms with Crippen LogP contribution in [0.1, 0.15) is 18.1 Å². The Balaban J connectivity index is 1.99. The summed E-state index contributed by atoms with van der Waals surface area (Å²) in [6, 6.07) is 16.6. The molecule has 0 bridgehead atoms. The van der Waals surface area contributed by atoms with E-state index in [0.29, 0.717) is 0 Å². The van der Waals surface area contributed by atoms with Crippen LogP contribution in [0.5, 0.6) is 5.75 Å². The fourth-order valence-electron chi connectivity index (χ4n) is 2.35. The average molecular weight is 239 g/mol. The smallest absolute Gasteiger partial charge is 0.148 e. The van der Waals surface area contributed by atoms with Crippen molar-refractivity contribution in [2.75, 3.05) is 11.9 Å². The summed E-state index contributed by atoms with van der Waals surface area (Å²) in [6.07, 6.45) is 0. The van der Waals surface area contributed by atoms with Gasteiger partial charge in [-0.2, -0.15) is 0 Å². The molecule has 0 aliphatic carbocycles. The Kier molecular flexibility index (Phi) is 2.51. The predicted molar refractivity (Wildman–Crippen MR) is 74.1 cm³/mol. The van der Waals surface area contributed by atoms with E-state index in [4.69, 9.17) is 4.74 Å². The van der Waals surface area contributed by atoms with Gasteiger partial charge in [0.1, 0.15) is 11.4 Å². The van der Waals surface area contributed by atoms with Crippen molar-refractivity contribution < 1.29 is 4.74 Å². The van der Waals surface area contributed by atoms with E-state index in [-0.39, 0.29) is 5.60 Å². The lowest BCUT2D eigenvalue weighted by Crippen LogP contribution is -2.40. The maximum atomic E-state index is 6.22. The number of hydrogen-bond acceptors (Lipinski definition) is 2. The minimum absolute atomic E-state index is 0.304. The maximum Gasteiger partial charge on any atom is 0.148 e. The van der Waals surface area contributed by atoms with E-state index >= 15 is 0 Å². The Morgan fingerprint density at radius 1 is 1.11 bits per heavy atom. The topological polar surface area (TPSA) is 21.3 Å². The summed E-state index contributed by atoms with van der Waals surface area (Å²) < 4.78 is 6.22. The summed E-state index contributed by atoms with van der Waals surface area (Å²) in [6.45, 7) is 4.99. The second-order valence-corrected chi connectivity index (χ2v) is 5.05. The van der Waals surface area contributed by atoms with Crippen LogP contribution in [0.25, 0.3) is 0 Å². The van der Waals surface area contributed by atoms with Crippen LogP contribution in [0, 0.1) is 6.92 Å². The molecule has 18 heavy (non-hydrogen) atoms. The zero-order valence-electron chi connectivity index (χ0n) is 10.7. The summed E-state index contributed by atoms with van der Waals surface area (Å²) >= 11 is 0. The molecular formula is C16H17NO. The van der Waals surface area contributed by atoms with Gasteiger partial charge in [0.25, 0.3) is 0 Å². The van der Waals surface area contributed by atoms with Crippen molar-refractivity contribution in [3.8, 4) is 5.75 Å². The Hall–Kier alpha value is -1.96. The highest BCUT2D eigenvalue weighted by molar-refractivity contribution is 5.60. The van der Waals surface area contributed by atoms with Crippen LogP contribution in [0.4, 0.5) is 5.69 Å². The molecule has 3 rings (SSSR count). The predicted octanol–water partition coefficient (Wildman–Crippen LogP) is 3.71. The standard InChI is InChI=1S/C16H17NO/c1-12-8-9-14-15(10-12)18-16(2,11-17-14)13-6-4-3-5-7-13/h3-10,17H,11H2,1-2H3. The summed E-state index contributed by atoms with van der Waals surface area (Å²) in [4.78, 5) is 0. The molecular weight excluding hydrogens is 222 g/mol. The van der Waals surface area contributed by atoms with Gasteiger partial charge in [0.2, 0.25) is 0 Å². The Bertz CT molecular complexity index is 565. The number of anilines is 1. The van der Waals surface area contributed by atoms with E-state index in [0.717, 1.165) is 18.0 Å². The monoisotopic (exact) mass is 239 g/mol. The van der Waals surface area contributed by atoms with Crippen molar-refractivity contribution in [3.63, 3.8) is 0 Å². The Labute approximate surface area is 108 Å². The molecule has 2 nitrogen and oxygen atoms in total. The van der Waals surface area contributed by atoms with Gasteiger partial charge in [-0.15, -0.1) is 0 Å². The minimum Gasteiger partial charge on any atom is -0.479 e. The fourth-order valence-corrected chi connectivity index (χ4v) is 2.35. The first-order chi connectivity index (χ1) is 8.67. The number of rotatable bonds is 1. The van der Waals surface area contributed by atoms with E-state index in [1.54, 1.807) is 0 Å². The number of fused-ring (bicyclic) bond motifs is 1. The van der Waals surface area contributed by atoms with Crippen LogP contribution in [-0.4, -0.2) is 6.54 Å². The summed E-state index contributed by atoms with van der Waals surface area (Å²) in [5, 5.41) is 3.45. The third-order valence-corrected chi connectivity index (χ3v) is 3.47. The number of nitrogens with one attached hydrogen (secondary N) is 1. The fraction of sp³-hybridized carbons (Fsp3) is 0.250. The number of benzene rings is 2. The van der Waals surface area contributed by atoms with Gasteiger partial charge >= 0.3 is 0 Å². The molecule has 0 radical (unpaired) electrons. The van der Waals surface area contributed by atoms with Crippen molar-refractivity contribution in [1.29, 1.82) is 0 Å². The van der Waals surface area contributed by atoms with Gasteiger partial charge in [-0.3, -0.25) is 0 Å². The molecule has 0 amide bonds. The molecule has 0 saturated heterocycles. The van der Waals surface area contributed by atoms with Crippen LogP contribution >= 0.6 is 0 Å². The molecule has 0 fully saturated rings.